The van der Waals surface area contributed by atoms with Crippen LogP contribution in [0.3, 0.4) is 0 Å². The minimum Gasteiger partial charge on any atom is -0.396 e. The average Bonchev–Trinajstić information content (AvgIpc) is 3.39. The Morgan fingerprint density at radius 3 is 2.47 bits per heavy atom. The van der Waals surface area contributed by atoms with E-state index in [0.717, 1.165) is 40.8 Å². The van der Waals surface area contributed by atoms with Crippen LogP contribution in [0.5, 0.6) is 0 Å². The number of aryl methyl sites for hydroxylation is 1. The molecular formula is C28H28N4O5S. The maximum absolute atomic E-state index is 13.5. The van der Waals surface area contributed by atoms with Crippen LogP contribution in [0, 0.1) is 0 Å². The van der Waals surface area contributed by atoms with E-state index in [1.165, 1.54) is 12.1 Å². The van der Waals surface area contributed by atoms with E-state index in [0.29, 0.717) is 18.5 Å². The Bertz CT molecular complexity index is 1610. The maximum Gasteiger partial charge on any atom is 0.281 e. The van der Waals surface area contributed by atoms with E-state index in [1.807, 2.05) is 48.5 Å². The van der Waals surface area contributed by atoms with E-state index >= 15 is 0 Å². The number of carbonyl (C=O) groups is 1. The normalized spacial score (nSPS) is 14.4. The fourth-order valence-corrected chi connectivity index (χ4v) is 5.16. The van der Waals surface area contributed by atoms with Crippen molar-refractivity contribution in [1.29, 1.82) is 0 Å². The molecule has 0 aliphatic carbocycles. The second-order valence-electron chi connectivity index (χ2n) is 9.14. The molecule has 0 saturated carbocycles. The van der Waals surface area contributed by atoms with Crippen molar-refractivity contribution in [3.05, 3.63) is 89.7 Å². The third kappa shape index (κ3) is 5.18. The first-order valence-corrected chi connectivity index (χ1v) is 14.2. The third-order valence-corrected chi connectivity index (χ3v) is 7.59. The van der Waals surface area contributed by atoms with Crippen LogP contribution in [-0.4, -0.2) is 47.6 Å². The molecular weight excluding hydrogens is 504 g/mol. The summed E-state index contributed by atoms with van der Waals surface area (Å²) < 4.78 is 25.5. The summed E-state index contributed by atoms with van der Waals surface area (Å²) in [5.74, 6) is 0.466. The number of benzene rings is 3. The quantitative estimate of drug-likeness (QED) is 0.246. The van der Waals surface area contributed by atoms with Crippen molar-refractivity contribution in [2.45, 2.75) is 37.4 Å². The van der Waals surface area contributed by atoms with E-state index < -0.39 is 9.84 Å². The molecule has 3 aromatic carbocycles. The number of unbranched alkanes of at least 4 members (excludes halogenated alkanes) is 1. The Labute approximate surface area is 220 Å². The third-order valence-electron chi connectivity index (χ3n) is 6.46. The first-order valence-electron chi connectivity index (χ1n) is 12.3. The van der Waals surface area contributed by atoms with Crippen LogP contribution < -0.4 is 4.90 Å². The number of rotatable bonds is 10. The number of nitrogens with zero attached hydrogens (tertiary/aromatic N) is 4. The van der Waals surface area contributed by atoms with Crippen molar-refractivity contribution < 1.29 is 23.2 Å². The van der Waals surface area contributed by atoms with E-state index in [-0.39, 0.29) is 36.3 Å². The number of sulfone groups is 1. The molecule has 0 saturated heterocycles. The summed E-state index contributed by atoms with van der Waals surface area (Å²) in [7, 11) is -3.28. The highest BCUT2D eigenvalue weighted by atomic mass is 32.2. The van der Waals surface area contributed by atoms with Gasteiger partial charge in [0, 0.05) is 25.0 Å². The van der Waals surface area contributed by atoms with Crippen LogP contribution in [0.15, 0.2) is 82.8 Å². The molecule has 1 aliphatic heterocycles. The predicted octanol–water partition coefficient (Wildman–Crippen LogP) is 3.68. The van der Waals surface area contributed by atoms with Gasteiger partial charge in [0.15, 0.2) is 15.5 Å². The summed E-state index contributed by atoms with van der Waals surface area (Å²) >= 11 is 0. The molecule has 38 heavy (non-hydrogen) atoms. The number of aliphatic hydroxyl groups is 1. The molecule has 0 fully saturated rings. The summed E-state index contributed by atoms with van der Waals surface area (Å²) in [6.07, 6.45) is 2.63. The molecule has 4 aromatic rings. The van der Waals surface area contributed by atoms with Gasteiger partial charge in [0.05, 0.1) is 28.2 Å². The van der Waals surface area contributed by atoms with Crippen molar-refractivity contribution in [2.75, 3.05) is 17.8 Å². The molecule has 0 atom stereocenters. The molecule has 1 amide bonds. The van der Waals surface area contributed by atoms with Gasteiger partial charge in [0.2, 0.25) is 0 Å². The molecule has 10 heteroatoms. The number of anilines is 1. The number of hydrogen-bond acceptors (Lipinski definition) is 7. The van der Waals surface area contributed by atoms with Crippen molar-refractivity contribution in [3.63, 3.8) is 0 Å². The molecule has 1 aliphatic rings. The van der Waals surface area contributed by atoms with Crippen molar-refractivity contribution >= 4 is 38.2 Å². The summed E-state index contributed by atoms with van der Waals surface area (Å²) in [5, 5.41) is 13.4. The Morgan fingerprint density at radius 2 is 1.71 bits per heavy atom. The van der Waals surface area contributed by atoms with Gasteiger partial charge in [-0.25, -0.2) is 13.4 Å². The van der Waals surface area contributed by atoms with Crippen LogP contribution in [0.2, 0.25) is 0 Å². The van der Waals surface area contributed by atoms with Crippen LogP contribution in [0.4, 0.5) is 5.69 Å². The summed E-state index contributed by atoms with van der Waals surface area (Å²) in [6.45, 7) is 1.16. The molecule has 0 unspecified atom stereocenters. The second-order valence-corrected chi connectivity index (χ2v) is 11.2. The largest absolute Gasteiger partial charge is 0.396 e. The maximum atomic E-state index is 13.5. The van der Waals surface area contributed by atoms with Crippen LogP contribution in [0.25, 0.3) is 11.0 Å². The number of aliphatic hydroxyl groups excluding tert-OH is 1. The summed E-state index contributed by atoms with van der Waals surface area (Å²) in [5.41, 5.74) is 4.18. The number of amides is 1. The molecule has 0 bridgehead atoms. The van der Waals surface area contributed by atoms with Gasteiger partial charge < -0.3 is 14.5 Å². The topological polar surface area (TPSA) is 114 Å². The lowest BCUT2D eigenvalue weighted by molar-refractivity contribution is -0.112. The number of hydrogen-bond donors (Lipinski definition) is 1. The van der Waals surface area contributed by atoms with E-state index in [1.54, 1.807) is 17.0 Å². The number of aromatic nitrogens is 2. The van der Waals surface area contributed by atoms with Crippen molar-refractivity contribution in [2.24, 2.45) is 5.16 Å². The summed E-state index contributed by atoms with van der Waals surface area (Å²) in [6, 6.07) is 21.6. The van der Waals surface area contributed by atoms with E-state index in [2.05, 4.69) is 9.72 Å². The fourth-order valence-electron chi connectivity index (χ4n) is 4.53. The van der Waals surface area contributed by atoms with Gasteiger partial charge in [-0.1, -0.05) is 47.6 Å². The zero-order valence-electron chi connectivity index (χ0n) is 20.9. The molecule has 0 radical (unpaired) electrons. The highest BCUT2D eigenvalue weighted by Gasteiger charge is 2.35. The SMILES string of the molecule is CS(=O)(=O)c1ccc(CO/N=C2/C(=O)N(Cc3nc4ccccc4n3CCCCO)c3ccccc32)cc1. The Morgan fingerprint density at radius 1 is 0.974 bits per heavy atom. The minimum absolute atomic E-state index is 0.0869. The number of imidazole rings is 1. The van der Waals surface area contributed by atoms with Gasteiger partial charge in [-0.3, -0.25) is 9.69 Å². The Balaban J connectivity index is 1.38. The monoisotopic (exact) mass is 532 g/mol. The average molecular weight is 533 g/mol. The van der Waals surface area contributed by atoms with Crippen molar-refractivity contribution in [3.8, 4) is 0 Å². The molecule has 9 nitrogen and oxygen atoms in total. The van der Waals surface area contributed by atoms with Crippen molar-refractivity contribution in [1.82, 2.24) is 9.55 Å². The minimum atomic E-state index is -3.28. The predicted molar refractivity (Wildman–Crippen MR) is 145 cm³/mol. The number of fused-ring (bicyclic) bond motifs is 2. The molecule has 1 N–H and O–H groups in total. The second kappa shape index (κ2) is 10.8. The molecule has 196 valence electrons. The summed E-state index contributed by atoms with van der Waals surface area (Å²) in [4.78, 5) is 25.8. The van der Waals surface area contributed by atoms with E-state index in [4.69, 9.17) is 9.82 Å². The Hall–Kier alpha value is -4.02. The highest BCUT2D eigenvalue weighted by Crippen LogP contribution is 2.31. The van der Waals surface area contributed by atoms with Gasteiger partial charge in [0.1, 0.15) is 12.4 Å². The number of carbonyl (C=O) groups excluding carboxylic acids is 1. The number of para-hydroxylation sites is 3. The highest BCUT2D eigenvalue weighted by molar-refractivity contribution is 7.90. The van der Waals surface area contributed by atoms with Gasteiger partial charge in [-0.2, -0.15) is 0 Å². The van der Waals surface area contributed by atoms with Crippen LogP contribution in [0.1, 0.15) is 29.8 Å². The Kier molecular flexibility index (Phi) is 7.26. The van der Waals surface area contributed by atoms with Gasteiger partial charge >= 0.3 is 0 Å². The lowest BCUT2D eigenvalue weighted by atomic mass is 10.1. The van der Waals surface area contributed by atoms with E-state index in [9.17, 15) is 18.3 Å². The molecule has 1 aromatic heterocycles. The van der Waals surface area contributed by atoms with Crippen LogP contribution >= 0.6 is 0 Å². The number of oxime groups is 1. The lowest BCUT2D eigenvalue weighted by Crippen LogP contribution is -2.31. The zero-order chi connectivity index (χ0) is 26.7. The first-order chi connectivity index (χ1) is 18.4. The molecule has 2 heterocycles. The first kappa shape index (κ1) is 25.6. The fraction of sp³-hybridized carbons (Fsp3) is 0.250. The lowest BCUT2D eigenvalue weighted by Gasteiger charge is -2.17. The van der Waals surface area contributed by atoms with Gasteiger partial charge in [-0.05, 0) is 48.7 Å². The smallest absolute Gasteiger partial charge is 0.281 e. The molecule has 5 rings (SSSR count). The molecule has 0 spiro atoms. The van der Waals surface area contributed by atoms with Gasteiger partial charge in [-0.15, -0.1) is 0 Å². The zero-order valence-corrected chi connectivity index (χ0v) is 21.8. The van der Waals surface area contributed by atoms with Gasteiger partial charge in [0.25, 0.3) is 5.91 Å². The standard InChI is InChI=1S/C28H28N4O5S/c1-38(35,36)21-14-12-20(13-15-21)19-37-30-27-22-8-2-4-10-24(22)32(28(27)34)18-26-29-23-9-3-5-11-25(23)31(26)16-6-7-17-33/h2-5,8-15,33H,6-7,16-19H2,1H3/b30-27+. The van der Waals surface area contributed by atoms with Crippen LogP contribution in [-0.2, 0) is 39.2 Å².